The molecule has 0 unspecified atom stereocenters. The maximum atomic E-state index is 13.8. The number of rotatable bonds is 8. The van der Waals surface area contributed by atoms with Crippen LogP contribution in [0.5, 0.6) is 5.75 Å². The number of anilines is 1. The van der Waals surface area contributed by atoms with Gasteiger partial charge in [-0.1, -0.05) is 32.0 Å². The van der Waals surface area contributed by atoms with Crippen LogP contribution in [0.4, 0.5) is 37.0 Å². The van der Waals surface area contributed by atoms with Crippen LogP contribution in [0.25, 0.3) is 11.1 Å². The third-order valence-corrected chi connectivity index (χ3v) is 8.96. The molecular weight excluding hydrogens is 655 g/mol. The lowest BCUT2D eigenvalue weighted by atomic mass is 9.75. The molecule has 49 heavy (non-hydrogen) atoms. The van der Waals surface area contributed by atoms with Gasteiger partial charge in [0.05, 0.1) is 37.4 Å². The van der Waals surface area contributed by atoms with Crippen molar-refractivity contribution in [2.75, 3.05) is 38.3 Å². The van der Waals surface area contributed by atoms with Gasteiger partial charge in [-0.05, 0) is 60.3 Å². The average molecular weight is 691 g/mol. The first-order valence-corrected chi connectivity index (χ1v) is 15.9. The molecule has 0 N–H and O–H groups in total. The van der Waals surface area contributed by atoms with Crippen molar-refractivity contribution in [1.82, 2.24) is 9.88 Å². The fourth-order valence-electron chi connectivity index (χ4n) is 6.25. The van der Waals surface area contributed by atoms with Crippen LogP contribution in [0.15, 0.2) is 48.5 Å². The first-order valence-electron chi connectivity index (χ1n) is 15.9. The maximum Gasteiger partial charge on any atom is 0.493 e. The van der Waals surface area contributed by atoms with E-state index in [1.54, 1.807) is 13.0 Å². The quantitative estimate of drug-likeness (QED) is 0.187. The number of carbonyl (C=O) groups excluding carboxylic acids is 1. The van der Waals surface area contributed by atoms with E-state index in [1.165, 1.54) is 12.0 Å². The number of alkyl halides is 6. The molecule has 2 aromatic carbocycles. The Hall–Kier alpha value is -3.98. The van der Waals surface area contributed by atoms with Crippen LogP contribution in [0.1, 0.15) is 55.7 Å². The third-order valence-electron chi connectivity index (χ3n) is 8.96. The van der Waals surface area contributed by atoms with Gasteiger partial charge in [0.25, 0.3) is 0 Å². The number of nitrogens with zero attached hydrogens (tertiary/aromatic N) is 3. The van der Waals surface area contributed by atoms with Crippen molar-refractivity contribution in [3.63, 3.8) is 0 Å². The van der Waals surface area contributed by atoms with Gasteiger partial charge in [-0.15, -0.1) is 0 Å². The molecule has 0 saturated carbocycles. The summed E-state index contributed by atoms with van der Waals surface area (Å²) in [5.74, 6) is 1.21. The third kappa shape index (κ3) is 7.62. The predicted octanol–water partition coefficient (Wildman–Crippen LogP) is 6.94. The van der Waals surface area contributed by atoms with E-state index in [0.717, 1.165) is 37.1 Å². The molecule has 1 aromatic heterocycles. The highest BCUT2D eigenvalue weighted by atomic mass is 19.4. The predicted molar refractivity (Wildman–Crippen MR) is 170 cm³/mol. The Labute approximate surface area is 280 Å². The number of hydrogen-bond donors (Lipinski definition) is 0. The summed E-state index contributed by atoms with van der Waals surface area (Å²) in [5, 5.41) is 0. The molecule has 0 radical (unpaired) electrons. The normalized spacial score (nSPS) is 21.1. The van der Waals surface area contributed by atoms with Crippen LogP contribution in [-0.4, -0.2) is 68.7 Å². The number of aromatic nitrogens is 1. The molecule has 15 heteroatoms. The highest BCUT2D eigenvalue weighted by Crippen LogP contribution is 2.40. The minimum atomic E-state index is -4.91. The second kappa shape index (κ2) is 13.1. The minimum absolute atomic E-state index is 0.0973. The molecule has 0 spiro atoms. The number of ether oxygens (including phenoxy) is 2. The van der Waals surface area contributed by atoms with Gasteiger partial charge in [0.15, 0.2) is 0 Å². The van der Waals surface area contributed by atoms with Crippen LogP contribution >= 0.6 is 0 Å². The zero-order valence-electron chi connectivity index (χ0n) is 27.5. The van der Waals surface area contributed by atoms with Crippen molar-refractivity contribution >= 4 is 24.5 Å². The van der Waals surface area contributed by atoms with Crippen LogP contribution in [0.3, 0.4) is 0 Å². The van der Waals surface area contributed by atoms with Crippen molar-refractivity contribution < 1.29 is 49.9 Å². The molecule has 1 amide bonds. The number of pyridine rings is 1. The van der Waals surface area contributed by atoms with Crippen LogP contribution in [0, 0.1) is 5.41 Å². The fraction of sp³-hybridized carbons (Fsp3) is 0.471. The summed E-state index contributed by atoms with van der Waals surface area (Å²) in [6.45, 7) is 8.17. The average Bonchev–Trinajstić information content (AvgIpc) is 3.27. The number of cyclic esters (lactones) is 1. The highest BCUT2D eigenvalue weighted by Gasteiger charge is 2.43. The van der Waals surface area contributed by atoms with E-state index in [9.17, 15) is 31.1 Å². The summed E-state index contributed by atoms with van der Waals surface area (Å²) in [4.78, 5) is 21.7. The molecule has 3 aromatic rings. The zero-order chi connectivity index (χ0) is 35.3. The van der Waals surface area contributed by atoms with Gasteiger partial charge in [0, 0.05) is 42.8 Å². The molecular formula is C34H36BF6N3O5. The van der Waals surface area contributed by atoms with E-state index in [-0.39, 0.29) is 17.5 Å². The SMILES string of the molecule is COc1ccc(B2OCC(C)(C)CO2)cc1-c1ccc(N2CCC2)nc1CN1C(=O)O[C@H](c2cc(CC(F)(F)F)cc(C(F)(F)F)c2)[C@@H]1C. The summed E-state index contributed by atoms with van der Waals surface area (Å²) in [5.41, 5.74) is 0.364. The first kappa shape index (κ1) is 34.9. The summed E-state index contributed by atoms with van der Waals surface area (Å²) < 4.78 is 104. The van der Waals surface area contributed by atoms with Gasteiger partial charge in [-0.25, -0.2) is 9.78 Å². The Balaban J connectivity index is 1.35. The second-order valence-corrected chi connectivity index (χ2v) is 13.5. The lowest BCUT2D eigenvalue weighted by Crippen LogP contribution is -2.47. The highest BCUT2D eigenvalue weighted by molar-refractivity contribution is 6.61. The van der Waals surface area contributed by atoms with E-state index < -0.39 is 55.3 Å². The van der Waals surface area contributed by atoms with Crippen LogP contribution in [0.2, 0.25) is 0 Å². The molecule has 3 saturated heterocycles. The molecule has 262 valence electrons. The van der Waals surface area contributed by atoms with Gasteiger partial charge in [0.1, 0.15) is 17.7 Å². The van der Waals surface area contributed by atoms with E-state index >= 15 is 0 Å². The number of methoxy groups -OCH3 is 1. The molecule has 0 bridgehead atoms. The number of hydrogen-bond acceptors (Lipinski definition) is 7. The fourth-order valence-corrected chi connectivity index (χ4v) is 6.25. The van der Waals surface area contributed by atoms with Gasteiger partial charge in [-0.2, -0.15) is 26.3 Å². The van der Waals surface area contributed by atoms with Crippen molar-refractivity contribution in [1.29, 1.82) is 0 Å². The Morgan fingerprint density at radius 1 is 0.980 bits per heavy atom. The van der Waals surface area contributed by atoms with Gasteiger partial charge in [0.2, 0.25) is 0 Å². The molecule has 3 fully saturated rings. The lowest BCUT2D eigenvalue weighted by Gasteiger charge is -2.33. The summed E-state index contributed by atoms with van der Waals surface area (Å²) >= 11 is 0. The first-order chi connectivity index (χ1) is 23.0. The Kier molecular flexibility index (Phi) is 9.29. The monoisotopic (exact) mass is 691 g/mol. The van der Waals surface area contributed by atoms with E-state index in [2.05, 4.69) is 4.90 Å². The molecule has 4 heterocycles. The van der Waals surface area contributed by atoms with E-state index in [0.29, 0.717) is 47.7 Å². The summed E-state index contributed by atoms with van der Waals surface area (Å²) in [7, 11) is 0.918. The molecule has 8 nitrogen and oxygen atoms in total. The Morgan fingerprint density at radius 2 is 1.69 bits per heavy atom. The van der Waals surface area contributed by atoms with Crippen molar-refractivity contribution in [2.45, 2.75) is 64.7 Å². The second-order valence-electron chi connectivity index (χ2n) is 13.5. The molecule has 3 aliphatic heterocycles. The molecule has 3 aliphatic rings. The van der Waals surface area contributed by atoms with Crippen molar-refractivity contribution in [3.05, 3.63) is 70.9 Å². The standard InChI is InChI=1S/C34H36BF6N3O5/c1-20-30(22-12-21(16-33(36,37)38)13-23(14-22)34(39,40)41)49-31(45)44(20)17-27-25(7-9-29(42-27)43-10-5-11-43)26-15-24(6-8-28(26)46-4)35-47-18-32(2,3)19-48-35/h6-9,12-15,20,30H,5,10-11,16-19H2,1-4H3/t20-,30-/m0/s1. The number of amides is 1. The summed E-state index contributed by atoms with van der Waals surface area (Å²) in [6.07, 6.45) is -12.3. The van der Waals surface area contributed by atoms with Crippen molar-refractivity contribution in [2.24, 2.45) is 5.41 Å². The maximum absolute atomic E-state index is 13.8. The molecule has 0 aliphatic carbocycles. The van der Waals surface area contributed by atoms with Gasteiger partial charge < -0.3 is 23.7 Å². The Bertz CT molecular complexity index is 1700. The van der Waals surface area contributed by atoms with Crippen LogP contribution in [-0.2, 0) is 33.2 Å². The number of carbonyl (C=O) groups is 1. The topological polar surface area (TPSA) is 73.4 Å². The number of halogens is 6. The van der Waals surface area contributed by atoms with Gasteiger partial charge in [-0.3, -0.25) is 4.90 Å². The van der Waals surface area contributed by atoms with Gasteiger partial charge >= 0.3 is 25.6 Å². The smallest absolute Gasteiger partial charge is 0.493 e. The minimum Gasteiger partial charge on any atom is -0.496 e. The largest absolute Gasteiger partial charge is 0.496 e. The Morgan fingerprint density at radius 3 is 2.31 bits per heavy atom. The molecule has 6 rings (SSSR count). The zero-order valence-corrected chi connectivity index (χ0v) is 27.5. The lowest BCUT2D eigenvalue weighted by molar-refractivity contribution is -0.138. The molecule has 2 atom stereocenters. The van der Waals surface area contributed by atoms with E-state index in [4.69, 9.17) is 23.8 Å². The van der Waals surface area contributed by atoms with Crippen LogP contribution < -0.4 is 15.1 Å². The summed E-state index contributed by atoms with van der Waals surface area (Å²) in [6, 6.07) is 10.6. The van der Waals surface area contributed by atoms with E-state index in [1.807, 2.05) is 38.1 Å². The number of benzene rings is 2. The van der Waals surface area contributed by atoms with Crippen molar-refractivity contribution in [3.8, 4) is 16.9 Å².